The molecule has 8 heteroatoms. The maximum absolute atomic E-state index is 11.3. The topological polar surface area (TPSA) is 98.0 Å². The smallest absolute Gasteiger partial charge is 0.248 e. The second kappa shape index (κ2) is 13.7. The summed E-state index contributed by atoms with van der Waals surface area (Å²) in [6, 6.07) is 13.3. The summed E-state index contributed by atoms with van der Waals surface area (Å²) in [5, 5.41) is 6.54. The fourth-order valence-corrected chi connectivity index (χ4v) is 2.89. The molecule has 1 amide bonds. The van der Waals surface area contributed by atoms with Crippen molar-refractivity contribution in [1.82, 2.24) is 10.6 Å². The van der Waals surface area contributed by atoms with Crippen molar-refractivity contribution in [2.75, 3.05) is 27.3 Å². The number of guanidine groups is 1. The molecule has 164 valence electrons. The lowest BCUT2D eigenvalue weighted by atomic mass is 10.1. The van der Waals surface area contributed by atoms with E-state index in [0.717, 1.165) is 36.4 Å². The van der Waals surface area contributed by atoms with Gasteiger partial charge in [-0.2, -0.15) is 0 Å². The maximum Gasteiger partial charge on any atom is 0.248 e. The van der Waals surface area contributed by atoms with E-state index < -0.39 is 5.91 Å². The van der Waals surface area contributed by atoms with Crippen LogP contribution in [0.5, 0.6) is 11.5 Å². The van der Waals surface area contributed by atoms with Crippen molar-refractivity contribution in [3.63, 3.8) is 0 Å². The summed E-state index contributed by atoms with van der Waals surface area (Å²) in [5.41, 5.74) is 7.98. The molecule has 2 aromatic rings. The molecule has 0 unspecified atom stereocenters. The number of carbonyl (C=O) groups excluding carboxylic acids is 1. The number of primary amides is 1. The van der Waals surface area contributed by atoms with Crippen LogP contribution in [0, 0.1) is 0 Å². The summed E-state index contributed by atoms with van der Waals surface area (Å²) in [4.78, 5) is 15.5. The quantitative estimate of drug-likeness (QED) is 0.191. The lowest BCUT2D eigenvalue weighted by molar-refractivity contribution is 0.1000. The fraction of sp³-hybridized carbons (Fsp3) is 0.364. The van der Waals surface area contributed by atoms with Crippen LogP contribution >= 0.6 is 24.0 Å². The minimum Gasteiger partial charge on any atom is -0.493 e. The summed E-state index contributed by atoms with van der Waals surface area (Å²) >= 11 is 0. The molecule has 30 heavy (non-hydrogen) atoms. The van der Waals surface area contributed by atoms with Crippen molar-refractivity contribution in [3.8, 4) is 11.5 Å². The van der Waals surface area contributed by atoms with Crippen LogP contribution in [0.2, 0.25) is 0 Å². The van der Waals surface area contributed by atoms with Crippen LogP contribution in [0.15, 0.2) is 47.5 Å². The van der Waals surface area contributed by atoms with Crippen molar-refractivity contribution in [3.05, 3.63) is 59.2 Å². The molecular formula is C22H31IN4O3. The Balaban J connectivity index is 0.00000450. The molecule has 0 aliphatic carbocycles. The van der Waals surface area contributed by atoms with Crippen LogP contribution in [0.1, 0.15) is 34.8 Å². The van der Waals surface area contributed by atoms with E-state index in [-0.39, 0.29) is 24.0 Å². The Morgan fingerprint density at radius 1 is 1.10 bits per heavy atom. The number of hydrogen-bond acceptors (Lipinski definition) is 4. The van der Waals surface area contributed by atoms with Gasteiger partial charge in [0.2, 0.25) is 5.91 Å². The van der Waals surface area contributed by atoms with E-state index in [9.17, 15) is 4.79 Å². The molecule has 0 fully saturated rings. The number of carbonyl (C=O) groups is 1. The normalized spacial score (nSPS) is 10.7. The number of amides is 1. The molecular weight excluding hydrogens is 495 g/mol. The largest absolute Gasteiger partial charge is 0.493 e. The third-order valence-corrected chi connectivity index (χ3v) is 4.36. The lowest BCUT2D eigenvalue weighted by Crippen LogP contribution is -2.37. The van der Waals surface area contributed by atoms with E-state index >= 15 is 0 Å². The first kappa shape index (κ1) is 25.5. The summed E-state index contributed by atoms with van der Waals surface area (Å²) in [7, 11) is 3.37. The third kappa shape index (κ3) is 8.10. The maximum atomic E-state index is 11.3. The highest BCUT2D eigenvalue weighted by atomic mass is 127. The average molecular weight is 526 g/mol. The third-order valence-electron chi connectivity index (χ3n) is 4.36. The minimum atomic E-state index is -0.430. The molecule has 2 aromatic carbocycles. The van der Waals surface area contributed by atoms with Crippen LogP contribution in [0.4, 0.5) is 0 Å². The number of nitrogens with zero attached hydrogens (tertiary/aromatic N) is 1. The van der Waals surface area contributed by atoms with Gasteiger partial charge in [-0.1, -0.05) is 18.2 Å². The summed E-state index contributed by atoms with van der Waals surface area (Å²) < 4.78 is 11.0. The number of benzene rings is 2. The number of aryl methyl sites for hydroxylation is 1. The highest BCUT2D eigenvalue weighted by molar-refractivity contribution is 14.0. The Labute approximate surface area is 195 Å². The zero-order valence-corrected chi connectivity index (χ0v) is 20.1. The number of nitrogens with one attached hydrogen (secondary N) is 2. The molecule has 0 radical (unpaired) electrons. The van der Waals surface area contributed by atoms with Gasteiger partial charge in [0, 0.05) is 25.7 Å². The molecule has 0 aliphatic heterocycles. The zero-order valence-electron chi connectivity index (χ0n) is 17.7. The first-order valence-electron chi connectivity index (χ1n) is 9.70. The molecule has 2 rings (SSSR count). The summed E-state index contributed by atoms with van der Waals surface area (Å²) in [5.74, 6) is 1.80. The van der Waals surface area contributed by atoms with E-state index in [0.29, 0.717) is 24.7 Å². The highest BCUT2D eigenvalue weighted by Gasteiger charge is 2.06. The lowest BCUT2D eigenvalue weighted by Gasteiger charge is -2.13. The fourth-order valence-electron chi connectivity index (χ4n) is 2.89. The Hall–Kier alpha value is -2.49. The molecule has 4 N–H and O–H groups in total. The van der Waals surface area contributed by atoms with Crippen LogP contribution in [0.25, 0.3) is 0 Å². The minimum absolute atomic E-state index is 0. The second-order valence-corrected chi connectivity index (χ2v) is 6.44. The van der Waals surface area contributed by atoms with Gasteiger partial charge in [-0.3, -0.25) is 9.79 Å². The van der Waals surface area contributed by atoms with Crippen LogP contribution in [-0.4, -0.2) is 39.2 Å². The SMILES string of the molecule is CCOc1cc(CCCNC(=NC)NCc2cccc(C(N)=O)c2)ccc1OC.I. The molecule has 0 aliphatic rings. The molecule has 0 saturated carbocycles. The Bertz CT molecular complexity index is 843. The van der Waals surface area contributed by atoms with Gasteiger partial charge in [-0.05, 0) is 55.2 Å². The van der Waals surface area contributed by atoms with E-state index in [1.54, 1.807) is 26.3 Å². The number of halogens is 1. The molecule has 0 saturated heterocycles. The van der Waals surface area contributed by atoms with Gasteiger partial charge in [0.05, 0.1) is 13.7 Å². The molecule has 0 atom stereocenters. The Kier molecular flexibility index (Phi) is 11.7. The number of hydrogen-bond donors (Lipinski definition) is 3. The van der Waals surface area contributed by atoms with Crippen LogP contribution < -0.4 is 25.8 Å². The van der Waals surface area contributed by atoms with Gasteiger partial charge in [-0.25, -0.2) is 0 Å². The Morgan fingerprint density at radius 3 is 2.57 bits per heavy atom. The summed E-state index contributed by atoms with van der Waals surface area (Å²) in [6.45, 7) is 3.89. The first-order valence-corrected chi connectivity index (χ1v) is 9.70. The van der Waals surface area contributed by atoms with Crippen LogP contribution in [0.3, 0.4) is 0 Å². The van der Waals surface area contributed by atoms with Crippen LogP contribution in [-0.2, 0) is 13.0 Å². The van der Waals surface area contributed by atoms with E-state index in [2.05, 4.69) is 21.7 Å². The number of aliphatic imine (C=N–C) groups is 1. The van der Waals surface area contributed by atoms with Crippen molar-refractivity contribution in [1.29, 1.82) is 0 Å². The predicted molar refractivity (Wildman–Crippen MR) is 131 cm³/mol. The number of nitrogens with two attached hydrogens (primary N) is 1. The number of methoxy groups -OCH3 is 1. The molecule has 0 heterocycles. The van der Waals surface area contributed by atoms with Crippen molar-refractivity contribution >= 4 is 35.8 Å². The zero-order chi connectivity index (χ0) is 21.1. The van der Waals surface area contributed by atoms with E-state index in [4.69, 9.17) is 15.2 Å². The monoisotopic (exact) mass is 526 g/mol. The van der Waals surface area contributed by atoms with Gasteiger partial charge in [0.15, 0.2) is 17.5 Å². The molecule has 0 aromatic heterocycles. The molecule has 0 bridgehead atoms. The van der Waals surface area contributed by atoms with Crippen molar-refractivity contribution in [2.45, 2.75) is 26.3 Å². The van der Waals surface area contributed by atoms with E-state index in [1.165, 1.54) is 5.56 Å². The molecule has 0 spiro atoms. The van der Waals surface area contributed by atoms with Gasteiger partial charge in [0.1, 0.15) is 0 Å². The highest BCUT2D eigenvalue weighted by Crippen LogP contribution is 2.28. The standard InChI is InChI=1S/C22H30N4O3.HI/c1-4-29-20-14-16(10-11-19(20)28-3)8-6-12-25-22(24-2)26-15-17-7-5-9-18(13-17)21(23)27;/h5,7,9-11,13-14H,4,6,8,12,15H2,1-3H3,(H2,23,27)(H2,24,25,26);1H. The van der Waals surface area contributed by atoms with Crippen molar-refractivity contribution < 1.29 is 14.3 Å². The molecule has 7 nitrogen and oxygen atoms in total. The summed E-state index contributed by atoms with van der Waals surface area (Å²) in [6.07, 6.45) is 1.85. The number of rotatable bonds is 10. The first-order chi connectivity index (χ1) is 14.1. The van der Waals surface area contributed by atoms with Gasteiger partial charge in [0.25, 0.3) is 0 Å². The van der Waals surface area contributed by atoms with Gasteiger partial charge in [-0.15, -0.1) is 24.0 Å². The van der Waals surface area contributed by atoms with Gasteiger partial charge < -0.3 is 25.8 Å². The average Bonchev–Trinajstić information content (AvgIpc) is 2.74. The second-order valence-electron chi connectivity index (χ2n) is 6.44. The predicted octanol–water partition coefficient (Wildman–Crippen LogP) is 3.11. The number of ether oxygens (including phenoxy) is 2. The van der Waals surface area contributed by atoms with Crippen molar-refractivity contribution in [2.24, 2.45) is 10.7 Å². The Morgan fingerprint density at radius 2 is 1.90 bits per heavy atom. The van der Waals surface area contributed by atoms with E-state index in [1.807, 2.05) is 31.2 Å². The van der Waals surface area contributed by atoms with Gasteiger partial charge >= 0.3 is 0 Å².